The van der Waals surface area contributed by atoms with Crippen molar-refractivity contribution < 1.29 is 28.0 Å². The summed E-state index contributed by atoms with van der Waals surface area (Å²) in [6.07, 6.45) is 2.89. The molecule has 1 fully saturated rings. The van der Waals surface area contributed by atoms with Crippen LogP contribution in [0.1, 0.15) is 36.0 Å². The average molecular weight is 384 g/mol. The van der Waals surface area contributed by atoms with E-state index in [0.717, 1.165) is 30.9 Å². The van der Waals surface area contributed by atoms with Gasteiger partial charge in [-0.05, 0) is 31.2 Å². The lowest BCUT2D eigenvalue weighted by Crippen LogP contribution is -2.40. The Hall–Kier alpha value is -2.49. The van der Waals surface area contributed by atoms with Gasteiger partial charge in [0.1, 0.15) is 0 Å². The lowest BCUT2D eigenvalue weighted by molar-refractivity contribution is -0.385. The number of likely N-dealkylation sites (tertiary alicyclic amines) is 1. The summed E-state index contributed by atoms with van der Waals surface area (Å²) in [5.41, 5.74) is -0.519. The number of hydrogen-bond acceptors (Lipinski definition) is 6. The van der Waals surface area contributed by atoms with Crippen molar-refractivity contribution >= 4 is 27.4 Å². The van der Waals surface area contributed by atoms with Crippen molar-refractivity contribution in [2.24, 2.45) is 5.92 Å². The first kappa shape index (κ1) is 19.8. The third-order valence-electron chi connectivity index (χ3n) is 4.35. The topological polar surface area (TPSA) is 135 Å². The second-order valence-electron chi connectivity index (χ2n) is 6.44. The minimum atomic E-state index is -3.71. The van der Waals surface area contributed by atoms with Crippen LogP contribution < -0.4 is 0 Å². The molecule has 0 aliphatic carbocycles. The number of hydrogen-bond donors (Lipinski definition) is 1. The molecule has 1 aliphatic heterocycles. The summed E-state index contributed by atoms with van der Waals surface area (Å²) >= 11 is 0. The number of non-ortho nitro benzene ring substituents is 1. The Morgan fingerprint density at radius 2 is 2.04 bits per heavy atom. The lowest BCUT2D eigenvalue weighted by atomic mass is 9.93. The maximum Gasteiger partial charge on any atom is 0.303 e. The van der Waals surface area contributed by atoms with Gasteiger partial charge in [-0.1, -0.05) is 0 Å². The number of nitro benzene ring substituents is 1. The Bertz CT molecular complexity index is 835. The van der Waals surface area contributed by atoms with E-state index in [1.807, 2.05) is 0 Å². The molecule has 1 atom stereocenters. The zero-order valence-corrected chi connectivity index (χ0v) is 15.1. The second-order valence-corrected chi connectivity index (χ2v) is 8.45. The number of nitrogens with zero attached hydrogens (tertiary/aromatic N) is 2. The van der Waals surface area contributed by atoms with Gasteiger partial charge in [0.2, 0.25) is 0 Å². The first-order chi connectivity index (χ1) is 12.1. The molecule has 0 bridgehead atoms. The third kappa shape index (κ3) is 5.01. The van der Waals surface area contributed by atoms with Gasteiger partial charge in [-0.3, -0.25) is 19.7 Å². The normalized spacial score (nSPS) is 17.7. The van der Waals surface area contributed by atoms with Gasteiger partial charge in [0.25, 0.3) is 11.6 Å². The van der Waals surface area contributed by atoms with Gasteiger partial charge in [0.05, 0.1) is 9.82 Å². The molecule has 9 nitrogen and oxygen atoms in total. The van der Waals surface area contributed by atoms with E-state index in [1.54, 1.807) is 0 Å². The third-order valence-corrected chi connectivity index (χ3v) is 5.44. The van der Waals surface area contributed by atoms with Crippen LogP contribution in [0.5, 0.6) is 0 Å². The first-order valence-corrected chi connectivity index (χ1v) is 9.97. The maximum absolute atomic E-state index is 12.7. The number of benzene rings is 1. The van der Waals surface area contributed by atoms with Crippen LogP contribution in [0.15, 0.2) is 23.1 Å². The highest BCUT2D eigenvalue weighted by atomic mass is 32.2. The van der Waals surface area contributed by atoms with Gasteiger partial charge in [0.15, 0.2) is 9.84 Å². The van der Waals surface area contributed by atoms with E-state index in [-0.39, 0.29) is 22.8 Å². The Balaban J connectivity index is 2.26. The summed E-state index contributed by atoms with van der Waals surface area (Å²) in [6, 6.07) is 3.14. The van der Waals surface area contributed by atoms with Crippen LogP contribution in [0.25, 0.3) is 0 Å². The lowest BCUT2D eigenvalue weighted by Gasteiger charge is -2.32. The number of aliphatic carboxylic acids is 1. The summed E-state index contributed by atoms with van der Waals surface area (Å²) in [5.74, 6) is -1.35. The molecular formula is C16H20N2O7S. The van der Waals surface area contributed by atoms with Crippen LogP contribution in [0.4, 0.5) is 5.69 Å². The molecule has 2 rings (SSSR count). The average Bonchev–Trinajstić information content (AvgIpc) is 2.58. The standard InChI is InChI=1S/C16H20N2O7S/c1-26(24,25)14-8-12(7-13(9-14)18(22)23)16(21)17-6-2-3-11(10-17)4-5-15(19)20/h7-9,11H,2-6,10H2,1H3,(H,19,20). The van der Waals surface area contributed by atoms with E-state index in [2.05, 4.69) is 0 Å². The molecule has 1 aromatic rings. The van der Waals surface area contributed by atoms with Crippen LogP contribution in [0.3, 0.4) is 0 Å². The Kier molecular flexibility index (Phi) is 5.96. The number of piperidine rings is 1. The number of carbonyl (C=O) groups excluding carboxylic acids is 1. The van der Waals surface area contributed by atoms with Crippen LogP contribution in [-0.2, 0) is 14.6 Å². The Morgan fingerprint density at radius 3 is 2.62 bits per heavy atom. The van der Waals surface area contributed by atoms with Crippen LogP contribution in [0.2, 0.25) is 0 Å². The molecule has 1 saturated heterocycles. The smallest absolute Gasteiger partial charge is 0.303 e. The van der Waals surface area contributed by atoms with Crippen LogP contribution >= 0.6 is 0 Å². The monoisotopic (exact) mass is 384 g/mol. The van der Waals surface area contributed by atoms with E-state index >= 15 is 0 Å². The van der Waals surface area contributed by atoms with Crippen molar-refractivity contribution in [1.82, 2.24) is 4.90 Å². The number of carbonyl (C=O) groups is 2. The molecule has 0 radical (unpaired) electrons. The number of carboxylic acid groups (broad SMARTS) is 1. The van der Waals surface area contributed by atoms with Gasteiger partial charge in [-0.2, -0.15) is 0 Å². The molecule has 26 heavy (non-hydrogen) atoms. The molecule has 1 unspecified atom stereocenters. The van der Waals surface area contributed by atoms with E-state index in [0.29, 0.717) is 25.9 Å². The number of rotatable bonds is 6. The summed E-state index contributed by atoms with van der Waals surface area (Å²) in [4.78, 5) is 35.0. The minimum absolute atomic E-state index is 0.0156. The quantitative estimate of drug-likeness (QED) is 0.582. The summed E-state index contributed by atoms with van der Waals surface area (Å²) < 4.78 is 23.5. The summed E-state index contributed by atoms with van der Waals surface area (Å²) in [7, 11) is -3.71. The molecule has 0 aromatic heterocycles. The van der Waals surface area contributed by atoms with E-state index in [1.165, 1.54) is 4.90 Å². The van der Waals surface area contributed by atoms with Crippen molar-refractivity contribution in [2.45, 2.75) is 30.6 Å². The molecule has 1 N–H and O–H groups in total. The number of sulfone groups is 1. The van der Waals surface area contributed by atoms with Crippen molar-refractivity contribution in [1.29, 1.82) is 0 Å². The van der Waals surface area contributed by atoms with E-state index in [4.69, 9.17) is 5.11 Å². The maximum atomic E-state index is 12.7. The summed E-state index contributed by atoms with van der Waals surface area (Å²) in [5, 5.41) is 19.8. The van der Waals surface area contributed by atoms with Crippen molar-refractivity contribution in [2.75, 3.05) is 19.3 Å². The number of amides is 1. The van der Waals surface area contributed by atoms with Gasteiger partial charge in [-0.15, -0.1) is 0 Å². The van der Waals surface area contributed by atoms with E-state index < -0.39 is 32.3 Å². The molecule has 10 heteroatoms. The number of nitro groups is 1. The van der Waals surface area contributed by atoms with Gasteiger partial charge in [0, 0.05) is 43.5 Å². The zero-order chi connectivity index (χ0) is 19.5. The number of carboxylic acids is 1. The first-order valence-electron chi connectivity index (χ1n) is 8.08. The molecule has 0 saturated carbocycles. The second kappa shape index (κ2) is 7.81. The van der Waals surface area contributed by atoms with Crippen molar-refractivity contribution in [3.05, 3.63) is 33.9 Å². The largest absolute Gasteiger partial charge is 0.481 e. The SMILES string of the molecule is CS(=O)(=O)c1cc(C(=O)N2CCCC(CCC(=O)O)C2)cc([N+](=O)[O-])c1. The highest BCUT2D eigenvalue weighted by molar-refractivity contribution is 7.90. The predicted molar refractivity (Wildman–Crippen MR) is 91.7 cm³/mol. The van der Waals surface area contributed by atoms with Crippen LogP contribution in [0, 0.1) is 16.0 Å². The highest BCUT2D eigenvalue weighted by Crippen LogP contribution is 2.25. The fourth-order valence-electron chi connectivity index (χ4n) is 3.02. The zero-order valence-electron chi connectivity index (χ0n) is 14.3. The molecule has 1 heterocycles. The van der Waals surface area contributed by atoms with Gasteiger partial charge >= 0.3 is 5.97 Å². The minimum Gasteiger partial charge on any atom is -0.481 e. The molecule has 142 valence electrons. The fourth-order valence-corrected chi connectivity index (χ4v) is 3.70. The Labute approximate surface area is 150 Å². The fraction of sp³-hybridized carbons (Fsp3) is 0.500. The Morgan fingerprint density at radius 1 is 1.35 bits per heavy atom. The molecular weight excluding hydrogens is 364 g/mol. The molecule has 0 spiro atoms. The molecule has 1 aliphatic rings. The predicted octanol–water partition coefficient (Wildman–Crippen LogP) is 1.72. The van der Waals surface area contributed by atoms with Crippen molar-refractivity contribution in [3.63, 3.8) is 0 Å². The van der Waals surface area contributed by atoms with Crippen molar-refractivity contribution in [3.8, 4) is 0 Å². The molecule has 1 amide bonds. The van der Waals surface area contributed by atoms with Gasteiger partial charge in [-0.25, -0.2) is 8.42 Å². The molecule has 1 aromatic carbocycles. The van der Waals surface area contributed by atoms with Gasteiger partial charge < -0.3 is 10.0 Å². The van der Waals surface area contributed by atoms with Crippen LogP contribution in [-0.4, -0.2) is 54.6 Å². The highest BCUT2D eigenvalue weighted by Gasteiger charge is 2.27. The summed E-state index contributed by atoms with van der Waals surface area (Å²) in [6.45, 7) is 0.794. The van der Waals surface area contributed by atoms with E-state index in [9.17, 15) is 28.1 Å².